The second-order valence-corrected chi connectivity index (χ2v) is 5.83. The van der Waals surface area contributed by atoms with Crippen LogP contribution in [0.4, 0.5) is 0 Å². The lowest BCUT2D eigenvalue weighted by molar-refractivity contribution is 0.228. The highest BCUT2D eigenvalue weighted by Crippen LogP contribution is 2.36. The van der Waals surface area contributed by atoms with Gasteiger partial charge in [-0.05, 0) is 24.5 Å². The molecule has 2 aliphatic rings. The largest absolute Gasteiger partial charge is 0.482 e. The minimum absolute atomic E-state index is 0.00256. The van der Waals surface area contributed by atoms with Crippen LogP contribution in [0.25, 0.3) is 0 Å². The number of aromatic nitrogens is 3. The van der Waals surface area contributed by atoms with Crippen molar-refractivity contribution in [1.82, 2.24) is 15.2 Å². The Morgan fingerprint density at radius 1 is 1.10 bits per heavy atom. The van der Waals surface area contributed by atoms with Crippen LogP contribution in [0.1, 0.15) is 61.3 Å². The summed E-state index contributed by atoms with van der Waals surface area (Å²) < 4.78 is 5.96. The van der Waals surface area contributed by atoms with E-state index in [2.05, 4.69) is 22.3 Å². The van der Waals surface area contributed by atoms with Crippen molar-refractivity contribution in [2.75, 3.05) is 0 Å². The highest BCUT2D eigenvalue weighted by molar-refractivity contribution is 5.38. The molecule has 0 bridgehead atoms. The molecule has 1 saturated carbocycles. The molecule has 1 aromatic carbocycles. The molecule has 1 N–H and O–H groups in total. The average molecular weight is 269 g/mol. The van der Waals surface area contributed by atoms with Crippen molar-refractivity contribution in [3.05, 3.63) is 41.5 Å². The van der Waals surface area contributed by atoms with E-state index in [1.54, 1.807) is 0 Å². The molecule has 0 amide bonds. The molecule has 1 unspecified atom stereocenters. The minimum Gasteiger partial charge on any atom is -0.482 e. The first-order valence-corrected chi connectivity index (χ1v) is 7.57. The summed E-state index contributed by atoms with van der Waals surface area (Å²) in [6.07, 6.45) is 7.30. The van der Waals surface area contributed by atoms with E-state index in [1.807, 2.05) is 12.1 Å². The second-order valence-electron chi connectivity index (χ2n) is 5.83. The van der Waals surface area contributed by atoms with Crippen molar-refractivity contribution in [3.8, 4) is 5.75 Å². The van der Waals surface area contributed by atoms with Crippen LogP contribution < -0.4 is 4.74 Å². The van der Waals surface area contributed by atoms with Crippen molar-refractivity contribution in [3.63, 3.8) is 0 Å². The summed E-state index contributed by atoms with van der Waals surface area (Å²) in [6, 6.07) is 8.20. The molecule has 1 aliphatic heterocycles. The third kappa shape index (κ3) is 2.09. The van der Waals surface area contributed by atoms with Crippen LogP contribution in [0.5, 0.6) is 5.75 Å². The molecular weight excluding hydrogens is 250 g/mol. The van der Waals surface area contributed by atoms with Gasteiger partial charge in [-0.1, -0.05) is 37.5 Å². The number of hydrogen-bond donors (Lipinski definition) is 1. The van der Waals surface area contributed by atoms with Crippen molar-refractivity contribution >= 4 is 0 Å². The van der Waals surface area contributed by atoms with Crippen LogP contribution >= 0.6 is 0 Å². The molecular formula is C16H19N3O. The molecule has 0 spiro atoms. The first-order chi connectivity index (χ1) is 9.90. The molecule has 4 nitrogen and oxygen atoms in total. The SMILES string of the molecule is c1ccc2c(c1)CC(c1nc(C3CCCCC3)n[nH]1)O2. The fraction of sp³-hybridized carbons (Fsp3) is 0.500. The standard InChI is InChI=1S/C16H19N3O/c1-2-6-11(7-3-1)15-17-16(19-18-15)14-10-12-8-4-5-9-13(12)20-14/h4-5,8-9,11,14H,1-3,6-7,10H2,(H,17,18,19). The summed E-state index contributed by atoms with van der Waals surface area (Å²) >= 11 is 0. The van der Waals surface area contributed by atoms with Crippen LogP contribution in [0.3, 0.4) is 0 Å². The van der Waals surface area contributed by atoms with E-state index < -0.39 is 0 Å². The van der Waals surface area contributed by atoms with E-state index in [1.165, 1.54) is 37.7 Å². The van der Waals surface area contributed by atoms with Gasteiger partial charge in [0.25, 0.3) is 0 Å². The maximum Gasteiger partial charge on any atom is 0.166 e. The zero-order valence-electron chi connectivity index (χ0n) is 11.5. The molecule has 0 saturated heterocycles. The van der Waals surface area contributed by atoms with Crippen LogP contribution in [0, 0.1) is 0 Å². The van der Waals surface area contributed by atoms with Gasteiger partial charge in [-0.15, -0.1) is 0 Å². The van der Waals surface area contributed by atoms with E-state index in [9.17, 15) is 0 Å². The highest BCUT2D eigenvalue weighted by Gasteiger charge is 2.28. The topological polar surface area (TPSA) is 50.8 Å². The number of nitrogens with one attached hydrogen (secondary N) is 1. The van der Waals surface area contributed by atoms with Gasteiger partial charge >= 0.3 is 0 Å². The van der Waals surface area contributed by atoms with Gasteiger partial charge in [0.05, 0.1) is 0 Å². The van der Waals surface area contributed by atoms with Gasteiger partial charge in [0.2, 0.25) is 0 Å². The second kappa shape index (κ2) is 4.93. The van der Waals surface area contributed by atoms with Gasteiger partial charge in [-0.3, -0.25) is 5.10 Å². The highest BCUT2D eigenvalue weighted by atomic mass is 16.5. The molecule has 1 aromatic heterocycles. The lowest BCUT2D eigenvalue weighted by Gasteiger charge is -2.18. The molecule has 0 radical (unpaired) electrons. The van der Waals surface area contributed by atoms with Crippen LogP contribution in [0.15, 0.2) is 24.3 Å². The van der Waals surface area contributed by atoms with Crippen molar-refractivity contribution < 1.29 is 4.74 Å². The number of benzene rings is 1. The minimum atomic E-state index is -0.00256. The van der Waals surface area contributed by atoms with E-state index in [0.29, 0.717) is 5.92 Å². The van der Waals surface area contributed by atoms with Gasteiger partial charge in [-0.2, -0.15) is 5.10 Å². The fourth-order valence-electron chi connectivity index (χ4n) is 3.31. The number of rotatable bonds is 2. The Hall–Kier alpha value is -1.84. The molecule has 4 heteroatoms. The van der Waals surface area contributed by atoms with E-state index in [0.717, 1.165) is 23.8 Å². The molecule has 2 aromatic rings. The Balaban J connectivity index is 1.52. The molecule has 1 atom stereocenters. The van der Waals surface area contributed by atoms with Crippen molar-refractivity contribution in [1.29, 1.82) is 0 Å². The molecule has 104 valence electrons. The van der Waals surface area contributed by atoms with Crippen LogP contribution in [0.2, 0.25) is 0 Å². The predicted octanol–water partition coefficient (Wildman–Crippen LogP) is 3.53. The summed E-state index contributed by atoms with van der Waals surface area (Å²) in [5.74, 6) is 3.38. The Labute approximate surface area is 118 Å². The molecule has 20 heavy (non-hydrogen) atoms. The monoisotopic (exact) mass is 269 g/mol. The summed E-state index contributed by atoms with van der Waals surface area (Å²) in [7, 11) is 0. The maximum absolute atomic E-state index is 5.96. The van der Waals surface area contributed by atoms with Gasteiger partial charge in [0.15, 0.2) is 17.8 Å². The van der Waals surface area contributed by atoms with Crippen molar-refractivity contribution in [2.45, 2.75) is 50.5 Å². The number of nitrogens with zero attached hydrogens (tertiary/aromatic N) is 2. The first-order valence-electron chi connectivity index (χ1n) is 7.57. The Morgan fingerprint density at radius 2 is 1.95 bits per heavy atom. The number of H-pyrrole nitrogens is 1. The predicted molar refractivity (Wildman–Crippen MR) is 75.7 cm³/mol. The number of ether oxygens (including phenoxy) is 1. The third-order valence-corrected chi connectivity index (χ3v) is 4.44. The Kier molecular flexibility index (Phi) is 2.94. The van der Waals surface area contributed by atoms with Crippen LogP contribution in [-0.4, -0.2) is 15.2 Å². The summed E-state index contributed by atoms with van der Waals surface area (Å²) in [5.41, 5.74) is 1.26. The zero-order chi connectivity index (χ0) is 13.4. The summed E-state index contributed by atoms with van der Waals surface area (Å²) in [6.45, 7) is 0. The van der Waals surface area contributed by atoms with E-state index >= 15 is 0 Å². The maximum atomic E-state index is 5.96. The Morgan fingerprint density at radius 3 is 2.80 bits per heavy atom. The van der Waals surface area contributed by atoms with Gasteiger partial charge < -0.3 is 4.74 Å². The fourth-order valence-corrected chi connectivity index (χ4v) is 3.31. The molecule has 1 aliphatic carbocycles. The van der Waals surface area contributed by atoms with Crippen LogP contribution in [-0.2, 0) is 6.42 Å². The number of hydrogen-bond acceptors (Lipinski definition) is 3. The lowest BCUT2D eigenvalue weighted by Crippen LogP contribution is -2.08. The van der Waals surface area contributed by atoms with E-state index in [-0.39, 0.29) is 6.10 Å². The molecule has 2 heterocycles. The number of aromatic amines is 1. The summed E-state index contributed by atoms with van der Waals surface area (Å²) in [4.78, 5) is 4.71. The molecule has 4 rings (SSSR count). The smallest absolute Gasteiger partial charge is 0.166 e. The number of para-hydroxylation sites is 1. The van der Waals surface area contributed by atoms with Gasteiger partial charge in [0.1, 0.15) is 5.75 Å². The first kappa shape index (κ1) is 11.9. The van der Waals surface area contributed by atoms with Gasteiger partial charge in [-0.25, -0.2) is 4.98 Å². The quantitative estimate of drug-likeness (QED) is 0.907. The number of fused-ring (bicyclic) bond motifs is 1. The summed E-state index contributed by atoms with van der Waals surface area (Å²) in [5, 5.41) is 7.52. The third-order valence-electron chi connectivity index (χ3n) is 4.44. The lowest BCUT2D eigenvalue weighted by atomic mass is 9.89. The zero-order valence-corrected chi connectivity index (χ0v) is 11.5. The van der Waals surface area contributed by atoms with Gasteiger partial charge in [0, 0.05) is 12.3 Å². The van der Waals surface area contributed by atoms with Crippen molar-refractivity contribution in [2.24, 2.45) is 0 Å². The normalized spacial score (nSPS) is 22.5. The Bertz CT molecular complexity index is 576. The average Bonchev–Trinajstić information content (AvgIpc) is 3.14. The van der Waals surface area contributed by atoms with E-state index in [4.69, 9.17) is 9.72 Å². The molecule has 1 fully saturated rings.